The van der Waals surface area contributed by atoms with Gasteiger partial charge >= 0.3 is 12.0 Å². The van der Waals surface area contributed by atoms with Crippen LogP contribution in [0, 0.1) is 0 Å². The Bertz CT molecular complexity index is 396. The van der Waals surface area contributed by atoms with E-state index in [4.69, 9.17) is 16.6 Å². The second-order valence-corrected chi connectivity index (χ2v) is 4.61. The smallest absolute Gasteiger partial charge is 0.329 e. The van der Waals surface area contributed by atoms with Crippen molar-refractivity contribution in [1.82, 2.24) is 10.2 Å². The predicted molar refractivity (Wildman–Crippen MR) is 69.4 cm³/mol. The van der Waals surface area contributed by atoms with E-state index >= 15 is 0 Å². The Morgan fingerprint density at radius 3 is 1.90 bits per heavy atom. The van der Waals surface area contributed by atoms with E-state index in [-0.39, 0.29) is 6.42 Å². The van der Waals surface area contributed by atoms with E-state index < -0.39 is 42.4 Å². The van der Waals surface area contributed by atoms with Gasteiger partial charge in [0.05, 0.1) is 0 Å². The second-order valence-electron chi connectivity index (χ2n) is 4.61. The molecule has 0 fully saturated rings. The first-order valence-electron chi connectivity index (χ1n) is 5.99. The largest absolute Gasteiger partial charge is 0.480 e. The van der Waals surface area contributed by atoms with Crippen molar-refractivity contribution in [3.8, 4) is 0 Å². The molecule has 0 radical (unpaired) electrons. The third-order valence-electron chi connectivity index (χ3n) is 2.59. The Balaban J connectivity index is 5.00. The van der Waals surface area contributed by atoms with Crippen LogP contribution in [0.3, 0.4) is 0 Å². The van der Waals surface area contributed by atoms with Crippen LogP contribution in [0.25, 0.3) is 0 Å². The third kappa shape index (κ3) is 5.55. The normalized spacial score (nSPS) is 13.1. The highest BCUT2D eigenvalue weighted by Gasteiger charge is 2.35. The lowest BCUT2D eigenvalue weighted by Crippen LogP contribution is -2.58. The van der Waals surface area contributed by atoms with Gasteiger partial charge in [-0.1, -0.05) is 13.3 Å². The van der Waals surface area contributed by atoms with E-state index in [1.807, 2.05) is 0 Å². The molecule has 9 nitrogen and oxygen atoms in total. The molecule has 0 rings (SSSR count). The molecule has 6 N–H and O–H groups in total. The van der Waals surface area contributed by atoms with Gasteiger partial charge in [0.25, 0.3) is 0 Å². The highest BCUT2D eigenvalue weighted by Crippen LogP contribution is 2.13. The lowest BCUT2D eigenvalue weighted by molar-refractivity contribution is -0.144. The highest BCUT2D eigenvalue weighted by molar-refractivity contribution is 5.90. The number of carbonyl (C=O) groups excluding carboxylic acids is 3. The summed E-state index contributed by atoms with van der Waals surface area (Å²) >= 11 is 0. The zero-order valence-electron chi connectivity index (χ0n) is 11.5. The van der Waals surface area contributed by atoms with Gasteiger partial charge in [-0.2, -0.15) is 0 Å². The minimum absolute atomic E-state index is 0.190. The molecule has 0 aliphatic carbocycles. The van der Waals surface area contributed by atoms with Crippen LogP contribution in [0.5, 0.6) is 0 Å². The number of carboxylic acid groups (broad SMARTS) is 1. The molecule has 0 aromatic rings. The number of nitrogens with one attached hydrogen (secondary N) is 1. The van der Waals surface area contributed by atoms with Gasteiger partial charge in [-0.05, 0) is 13.3 Å². The van der Waals surface area contributed by atoms with Crippen LogP contribution in [-0.4, -0.2) is 52.4 Å². The Kier molecular flexibility index (Phi) is 6.47. The van der Waals surface area contributed by atoms with Crippen LogP contribution in [0.4, 0.5) is 4.79 Å². The van der Waals surface area contributed by atoms with Crippen molar-refractivity contribution in [1.29, 1.82) is 0 Å². The molecule has 20 heavy (non-hydrogen) atoms. The standard InChI is InChI=1S/C11H20N4O5/c1-3-4-11(2,9(18)19)14-10(20)15(5-7(12)16)6-8(13)17/h3-6H2,1-2H3,(H2,12,16)(H2,13,17)(H,14,20)(H,18,19). The molecule has 0 aliphatic heterocycles. The van der Waals surface area contributed by atoms with Crippen LogP contribution < -0.4 is 16.8 Å². The number of carbonyl (C=O) groups is 4. The van der Waals surface area contributed by atoms with Crippen LogP contribution in [0.2, 0.25) is 0 Å². The van der Waals surface area contributed by atoms with Gasteiger partial charge in [-0.15, -0.1) is 0 Å². The highest BCUT2D eigenvalue weighted by atomic mass is 16.4. The van der Waals surface area contributed by atoms with Gasteiger partial charge in [0.15, 0.2) is 0 Å². The maximum absolute atomic E-state index is 11.9. The quantitative estimate of drug-likeness (QED) is 0.432. The van der Waals surface area contributed by atoms with E-state index in [1.54, 1.807) is 6.92 Å². The van der Waals surface area contributed by atoms with Crippen molar-refractivity contribution in [3.63, 3.8) is 0 Å². The SMILES string of the molecule is CCCC(C)(NC(=O)N(CC(N)=O)CC(N)=O)C(=O)O. The van der Waals surface area contributed by atoms with Crippen molar-refractivity contribution in [2.45, 2.75) is 32.2 Å². The third-order valence-corrected chi connectivity index (χ3v) is 2.59. The Morgan fingerprint density at radius 1 is 1.15 bits per heavy atom. The fraction of sp³-hybridized carbons (Fsp3) is 0.636. The maximum Gasteiger partial charge on any atom is 0.329 e. The zero-order chi connectivity index (χ0) is 15.9. The number of rotatable bonds is 8. The predicted octanol–water partition coefficient (Wildman–Crippen LogP) is -1.39. The van der Waals surface area contributed by atoms with Gasteiger partial charge < -0.3 is 26.8 Å². The minimum Gasteiger partial charge on any atom is -0.480 e. The number of amides is 4. The Hall–Kier alpha value is -2.32. The van der Waals surface area contributed by atoms with Crippen molar-refractivity contribution in [2.75, 3.05) is 13.1 Å². The average Bonchev–Trinajstić information content (AvgIpc) is 2.26. The summed E-state index contributed by atoms with van der Waals surface area (Å²) in [5.41, 5.74) is 8.42. The van der Waals surface area contributed by atoms with Crippen molar-refractivity contribution in [3.05, 3.63) is 0 Å². The van der Waals surface area contributed by atoms with Gasteiger partial charge in [-0.3, -0.25) is 9.59 Å². The molecule has 0 bridgehead atoms. The van der Waals surface area contributed by atoms with Crippen molar-refractivity contribution in [2.24, 2.45) is 11.5 Å². The minimum atomic E-state index is -1.50. The van der Waals surface area contributed by atoms with E-state index in [0.717, 1.165) is 4.90 Å². The number of hydrogen-bond donors (Lipinski definition) is 4. The van der Waals surface area contributed by atoms with Crippen molar-refractivity contribution >= 4 is 23.8 Å². The molecule has 0 spiro atoms. The molecule has 9 heteroatoms. The molecule has 1 atom stereocenters. The summed E-state index contributed by atoms with van der Waals surface area (Å²) in [7, 11) is 0. The zero-order valence-corrected chi connectivity index (χ0v) is 11.5. The number of nitrogens with zero attached hydrogens (tertiary/aromatic N) is 1. The summed E-state index contributed by atoms with van der Waals surface area (Å²) in [4.78, 5) is 45.6. The molecule has 114 valence electrons. The van der Waals surface area contributed by atoms with Crippen LogP contribution in [0.1, 0.15) is 26.7 Å². The fourth-order valence-corrected chi connectivity index (χ4v) is 1.61. The summed E-state index contributed by atoms with van der Waals surface area (Å²) in [5, 5.41) is 11.4. The van der Waals surface area contributed by atoms with Crippen LogP contribution in [-0.2, 0) is 14.4 Å². The molecule has 1 unspecified atom stereocenters. The Morgan fingerprint density at radius 2 is 1.60 bits per heavy atom. The number of primary amides is 2. The first-order chi connectivity index (χ1) is 9.12. The number of urea groups is 1. The maximum atomic E-state index is 11.9. The molecular formula is C11H20N4O5. The molecule has 0 saturated heterocycles. The lowest BCUT2D eigenvalue weighted by atomic mass is 9.96. The van der Waals surface area contributed by atoms with E-state index in [1.165, 1.54) is 6.92 Å². The fourth-order valence-electron chi connectivity index (χ4n) is 1.61. The number of nitrogens with two attached hydrogens (primary N) is 2. The van der Waals surface area contributed by atoms with E-state index in [0.29, 0.717) is 6.42 Å². The summed E-state index contributed by atoms with van der Waals surface area (Å²) in [5.74, 6) is -2.89. The topological polar surface area (TPSA) is 156 Å². The summed E-state index contributed by atoms with van der Waals surface area (Å²) < 4.78 is 0. The molecule has 0 aliphatic rings. The number of hydrogen-bond acceptors (Lipinski definition) is 4. The summed E-state index contributed by atoms with van der Waals surface area (Å²) in [6, 6.07) is -0.888. The first-order valence-corrected chi connectivity index (χ1v) is 5.99. The van der Waals surface area contributed by atoms with Gasteiger partial charge in [0, 0.05) is 0 Å². The molecular weight excluding hydrogens is 268 g/mol. The lowest BCUT2D eigenvalue weighted by Gasteiger charge is -2.29. The first kappa shape index (κ1) is 17.7. The molecule has 0 aromatic carbocycles. The van der Waals surface area contributed by atoms with Gasteiger partial charge in [0.2, 0.25) is 11.8 Å². The summed E-state index contributed by atoms with van der Waals surface area (Å²) in [6.07, 6.45) is 0.712. The van der Waals surface area contributed by atoms with Crippen LogP contribution in [0.15, 0.2) is 0 Å². The molecule has 0 saturated carbocycles. The van der Waals surface area contributed by atoms with Gasteiger partial charge in [0.1, 0.15) is 18.6 Å². The number of aliphatic carboxylic acids is 1. The number of carboxylic acids is 1. The van der Waals surface area contributed by atoms with Crippen molar-refractivity contribution < 1.29 is 24.3 Å². The second kappa shape index (κ2) is 7.31. The van der Waals surface area contributed by atoms with Crippen LogP contribution >= 0.6 is 0 Å². The summed E-state index contributed by atoms with van der Waals surface area (Å²) in [6.45, 7) is 2.04. The van der Waals surface area contributed by atoms with E-state index in [9.17, 15) is 19.2 Å². The Labute approximate surface area is 116 Å². The molecule has 0 aromatic heterocycles. The molecule has 0 heterocycles. The van der Waals surface area contributed by atoms with E-state index in [2.05, 4.69) is 5.32 Å². The average molecular weight is 288 g/mol. The molecule has 4 amide bonds. The van der Waals surface area contributed by atoms with Gasteiger partial charge in [-0.25, -0.2) is 9.59 Å². The monoisotopic (exact) mass is 288 g/mol.